The Balaban J connectivity index is 1.77. The smallest absolute Gasteiger partial charge is 0.338 e. The molecule has 0 bridgehead atoms. The van der Waals surface area contributed by atoms with Gasteiger partial charge in [0.1, 0.15) is 6.61 Å². The van der Waals surface area contributed by atoms with Gasteiger partial charge in [0, 0.05) is 16.3 Å². The summed E-state index contributed by atoms with van der Waals surface area (Å²) in [4.78, 5) is 23.6. The number of halogens is 2. The number of anilines is 2. The molecule has 5 nitrogen and oxygen atoms in total. The van der Waals surface area contributed by atoms with Crippen molar-refractivity contribution in [2.45, 2.75) is 6.61 Å². The van der Waals surface area contributed by atoms with Gasteiger partial charge in [-0.25, -0.2) is 9.59 Å². The van der Waals surface area contributed by atoms with Crippen LogP contribution in [0.15, 0.2) is 36.4 Å². The van der Waals surface area contributed by atoms with Gasteiger partial charge in [-0.3, -0.25) is 0 Å². The maximum Gasteiger partial charge on any atom is 0.338 e. The van der Waals surface area contributed by atoms with Crippen LogP contribution in [0.1, 0.15) is 15.9 Å². The molecule has 0 atom stereocenters. The second kappa shape index (κ2) is 5.87. The van der Waals surface area contributed by atoms with Crippen molar-refractivity contribution in [1.29, 1.82) is 0 Å². The maximum absolute atomic E-state index is 12.1. The van der Waals surface area contributed by atoms with Crippen LogP contribution >= 0.6 is 23.2 Å². The molecule has 2 N–H and O–H groups in total. The lowest BCUT2D eigenvalue weighted by atomic mass is 10.1. The molecule has 0 aromatic heterocycles. The maximum atomic E-state index is 12.1. The van der Waals surface area contributed by atoms with E-state index in [1.807, 2.05) is 0 Å². The van der Waals surface area contributed by atoms with Gasteiger partial charge in [-0.2, -0.15) is 0 Å². The molecule has 0 fully saturated rings. The number of urea groups is 1. The molecule has 112 valence electrons. The molecule has 0 aliphatic carbocycles. The van der Waals surface area contributed by atoms with Crippen molar-refractivity contribution in [3.05, 3.63) is 57.6 Å². The molecule has 1 aliphatic rings. The quantitative estimate of drug-likeness (QED) is 0.803. The fraction of sp³-hybridized carbons (Fsp3) is 0.0667. The second-order valence-electron chi connectivity index (χ2n) is 4.61. The van der Waals surface area contributed by atoms with E-state index in [0.717, 1.165) is 0 Å². The molecule has 0 unspecified atom stereocenters. The first-order chi connectivity index (χ1) is 10.5. The van der Waals surface area contributed by atoms with E-state index in [0.29, 0.717) is 32.5 Å². The van der Waals surface area contributed by atoms with Crippen molar-refractivity contribution in [1.82, 2.24) is 0 Å². The Kier molecular flexibility index (Phi) is 3.92. The van der Waals surface area contributed by atoms with Gasteiger partial charge in [0.05, 0.1) is 16.3 Å². The van der Waals surface area contributed by atoms with Crippen LogP contribution < -0.4 is 10.6 Å². The van der Waals surface area contributed by atoms with E-state index in [1.54, 1.807) is 30.3 Å². The van der Waals surface area contributed by atoms with Crippen molar-refractivity contribution < 1.29 is 14.3 Å². The van der Waals surface area contributed by atoms with Crippen LogP contribution in [0.2, 0.25) is 10.0 Å². The molecule has 2 amide bonds. The zero-order valence-electron chi connectivity index (χ0n) is 11.2. The molecule has 0 saturated heterocycles. The number of carbonyl (C=O) groups excluding carboxylic acids is 2. The van der Waals surface area contributed by atoms with Crippen molar-refractivity contribution in [3.8, 4) is 0 Å². The summed E-state index contributed by atoms with van der Waals surface area (Å²) < 4.78 is 4.95. The number of carbonyl (C=O) groups is 2. The summed E-state index contributed by atoms with van der Waals surface area (Å²) in [5, 5.41) is 6.11. The third kappa shape index (κ3) is 2.86. The fourth-order valence-corrected chi connectivity index (χ4v) is 2.59. The average Bonchev–Trinajstić information content (AvgIpc) is 2.85. The lowest BCUT2D eigenvalue weighted by molar-refractivity contribution is 0.0535. The van der Waals surface area contributed by atoms with Gasteiger partial charge in [-0.05, 0) is 30.3 Å². The third-order valence-electron chi connectivity index (χ3n) is 3.17. The minimum absolute atomic E-state index is 0.145. The van der Waals surface area contributed by atoms with E-state index < -0.39 is 6.03 Å². The van der Waals surface area contributed by atoms with Crippen LogP contribution in [0.5, 0.6) is 0 Å². The average molecular weight is 337 g/mol. The molecular weight excluding hydrogens is 327 g/mol. The van der Waals surface area contributed by atoms with E-state index >= 15 is 0 Å². The molecule has 0 spiro atoms. The van der Waals surface area contributed by atoms with Crippen molar-refractivity contribution in [2.24, 2.45) is 0 Å². The van der Waals surface area contributed by atoms with Crippen LogP contribution in [0.25, 0.3) is 0 Å². The van der Waals surface area contributed by atoms with Gasteiger partial charge in [0.25, 0.3) is 0 Å². The van der Waals surface area contributed by atoms with Crippen LogP contribution in [0.3, 0.4) is 0 Å². The summed E-state index contributed by atoms with van der Waals surface area (Å²) in [7, 11) is 0. The van der Waals surface area contributed by atoms with Crippen molar-refractivity contribution >= 4 is 46.6 Å². The minimum Gasteiger partial charge on any atom is -0.457 e. The normalized spacial score (nSPS) is 12.5. The van der Waals surface area contributed by atoms with E-state index in [9.17, 15) is 9.59 Å². The molecular formula is C15H10Cl2N2O3. The first-order valence-electron chi connectivity index (χ1n) is 6.36. The van der Waals surface area contributed by atoms with Crippen molar-refractivity contribution in [2.75, 3.05) is 10.6 Å². The number of amides is 2. The summed E-state index contributed by atoms with van der Waals surface area (Å²) in [6.07, 6.45) is 0. The van der Waals surface area contributed by atoms with E-state index in [1.165, 1.54) is 6.07 Å². The fourth-order valence-electron chi connectivity index (χ4n) is 2.13. The van der Waals surface area contributed by atoms with Gasteiger partial charge in [0.2, 0.25) is 0 Å². The summed E-state index contributed by atoms with van der Waals surface area (Å²) in [5.74, 6) is -0.389. The lowest BCUT2D eigenvalue weighted by Gasteiger charge is -2.11. The van der Waals surface area contributed by atoms with E-state index in [4.69, 9.17) is 27.9 Å². The zero-order chi connectivity index (χ0) is 15.7. The van der Waals surface area contributed by atoms with E-state index in [2.05, 4.69) is 10.6 Å². The number of esters is 1. The highest BCUT2D eigenvalue weighted by atomic mass is 35.5. The summed E-state index contributed by atoms with van der Waals surface area (Å²) in [6.45, 7) is 0.145. The predicted molar refractivity (Wildman–Crippen MR) is 84.7 cm³/mol. The SMILES string of the molecule is O=C(Nc1ccc(Cl)cc1Cl)Nc1cccc2c1COC2=O. The second-order valence-corrected chi connectivity index (χ2v) is 5.45. The molecule has 1 heterocycles. The molecule has 7 heteroatoms. The molecule has 1 aliphatic heterocycles. The molecule has 2 aromatic rings. The van der Waals surface area contributed by atoms with Crippen LogP contribution in [-0.2, 0) is 11.3 Å². The molecule has 0 saturated carbocycles. The Morgan fingerprint density at radius 1 is 1.09 bits per heavy atom. The number of benzene rings is 2. The van der Waals surface area contributed by atoms with Crippen LogP contribution in [-0.4, -0.2) is 12.0 Å². The monoisotopic (exact) mass is 336 g/mol. The lowest BCUT2D eigenvalue weighted by Crippen LogP contribution is -2.20. The summed E-state index contributed by atoms with van der Waals surface area (Å²) in [6, 6.07) is 9.31. The van der Waals surface area contributed by atoms with Gasteiger partial charge in [0.15, 0.2) is 0 Å². The highest BCUT2D eigenvalue weighted by molar-refractivity contribution is 6.36. The number of ether oxygens (including phenoxy) is 1. The Morgan fingerprint density at radius 3 is 2.64 bits per heavy atom. The largest absolute Gasteiger partial charge is 0.457 e. The topological polar surface area (TPSA) is 67.4 Å². The number of rotatable bonds is 2. The number of nitrogens with one attached hydrogen (secondary N) is 2. The molecule has 3 rings (SSSR count). The number of hydrogen-bond donors (Lipinski definition) is 2. The van der Waals surface area contributed by atoms with Crippen molar-refractivity contribution in [3.63, 3.8) is 0 Å². The standard InChI is InChI=1S/C15H10Cl2N2O3/c16-8-4-5-13(11(17)6-8)19-15(21)18-12-3-1-2-9-10(12)7-22-14(9)20/h1-6H,7H2,(H2,18,19,21). The number of hydrogen-bond acceptors (Lipinski definition) is 3. The molecule has 22 heavy (non-hydrogen) atoms. The number of fused-ring (bicyclic) bond motifs is 1. The summed E-state index contributed by atoms with van der Waals surface area (Å²) in [5.41, 5.74) is 2.07. The van der Waals surface area contributed by atoms with Gasteiger partial charge >= 0.3 is 12.0 Å². The van der Waals surface area contributed by atoms with E-state index in [-0.39, 0.29) is 12.6 Å². The predicted octanol–water partition coefficient (Wildman–Crippen LogP) is 4.31. The zero-order valence-corrected chi connectivity index (χ0v) is 12.7. The Labute approximate surface area is 136 Å². The van der Waals surface area contributed by atoms with Crippen LogP contribution in [0.4, 0.5) is 16.2 Å². The third-order valence-corrected chi connectivity index (χ3v) is 3.72. The molecule has 0 radical (unpaired) electrons. The minimum atomic E-state index is -0.475. The first-order valence-corrected chi connectivity index (χ1v) is 7.12. The highest BCUT2D eigenvalue weighted by Crippen LogP contribution is 2.28. The van der Waals surface area contributed by atoms with Gasteiger partial charge in [-0.1, -0.05) is 29.3 Å². The highest BCUT2D eigenvalue weighted by Gasteiger charge is 2.24. The Hall–Kier alpha value is -2.24. The first kappa shape index (κ1) is 14.7. The van der Waals surface area contributed by atoms with Crippen LogP contribution in [0, 0.1) is 0 Å². The Bertz CT molecular complexity index is 777. The summed E-state index contributed by atoms with van der Waals surface area (Å²) >= 11 is 11.8. The number of cyclic esters (lactones) is 1. The molecule has 2 aromatic carbocycles. The van der Waals surface area contributed by atoms with Gasteiger partial charge < -0.3 is 15.4 Å². The Morgan fingerprint density at radius 2 is 1.86 bits per heavy atom. The van der Waals surface area contributed by atoms with Gasteiger partial charge in [-0.15, -0.1) is 0 Å².